The van der Waals surface area contributed by atoms with Gasteiger partial charge in [-0.2, -0.15) is 8.42 Å². The van der Waals surface area contributed by atoms with Gasteiger partial charge in [-0.05, 0) is 12.1 Å². The predicted molar refractivity (Wildman–Crippen MR) is 49.4 cm³/mol. The molecule has 70 valence electrons. The fourth-order valence-corrected chi connectivity index (χ4v) is 0.942. The molecule has 1 rings (SSSR count). The zero-order valence-corrected chi connectivity index (χ0v) is 8.01. The molecular formula is C7H6ClNO3S. The summed E-state index contributed by atoms with van der Waals surface area (Å²) in [6.45, 7) is 0. The summed E-state index contributed by atoms with van der Waals surface area (Å²) in [7, 11) is -2.67. The van der Waals surface area contributed by atoms with Gasteiger partial charge in [-0.25, -0.2) is 0 Å². The predicted octanol–water partition coefficient (Wildman–Crippen LogP) is 1.31. The summed E-state index contributed by atoms with van der Waals surface area (Å²) in [5.41, 5.74) is 0.265. The highest BCUT2D eigenvalue weighted by atomic mass is 35.5. The number of carbonyl (C=O) groups is 1. The van der Waals surface area contributed by atoms with Crippen LogP contribution in [0.15, 0.2) is 34.7 Å². The molecule has 0 heterocycles. The molecule has 0 unspecified atom stereocenters. The molecule has 0 spiro atoms. The van der Waals surface area contributed by atoms with E-state index in [4.69, 9.17) is 0 Å². The molecule has 0 radical (unpaired) electrons. The molecule has 0 aliphatic rings. The van der Waals surface area contributed by atoms with Gasteiger partial charge in [-0.3, -0.25) is 4.79 Å². The Morgan fingerprint density at radius 3 is 2.15 bits per heavy atom. The summed E-state index contributed by atoms with van der Waals surface area (Å²) < 4.78 is 22.8. The molecule has 0 aliphatic carbocycles. The summed E-state index contributed by atoms with van der Waals surface area (Å²) in [5, 5.41) is 0. The third-order valence-corrected chi connectivity index (χ3v) is 1.49. The Kier molecular flexibility index (Phi) is 4.94. The van der Waals surface area contributed by atoms with Gasteiger partial charge in [0.1, 0.15) is 0 Å². The molecule has 13 heavy (non-hydrogen) atoms. The first kappa shape index (κ1) is 11.8. The standard InChI is InChI=1S/C7H5NO3S.ClH/c9-7(8-12(10)11)6-4-2-1-3-5-6;/h1-5H;1H. The fraction of sp³-hybridized carbons (Fsp3) is 0. The molecule has 0 saturated carbocycles. The maximum atomic E-state index is 10.9. The number of amides is 1. The maximum Gasteiger partial charge on any atom is 0.319 e. The Bertz CT molecular complexity index is 405. The Hall–Kier alpha value is -1.20. The van der Waals surface area contributed by atoms with E-state index < -0.39 is 16.4 Å². The summed E-state index contributed by atoms with van der Waals surface area (Å²) in [5.74, 6) is -0.746. The van der Waals surface area contributed by atoms with Gasteiger partial charge in [0.2, 0.25) is 0 Å². The van der Waals surface area contributed by atoms with Crippen LogP contribution in [0.4, 0.5) is 0 Å². The van der Waals surface area contributed by atoms with E-state index in [-0.39, 0.29) is 18.0 Å². The summed E-state index contributed by atoms with van der Waals surface area (Å²) >= 11 is 0. The lowest BCUT2D eigenvalue weighted by Gasteiger charge is -1.88. The van der Waals surface area contributed by atoms with Crippen molar-refractivity contribution in [1.82, 2.24) is 0 Å². The van der Waals surface area contributed by atoms with Crippen LogP contribution in [0.5, 0.6) is 0 Å². The van der Waals surface area contributed by atoms with Crippen molar-refractivity contribution in [2.45, 2.75) is 0 Å². The van der Waals surface area contributed by atoms with Crippen LogP contribution in [0.3, 0.4) is 0 Å². The lowest BCUT2D eigenvalue weighted by Crippen LogP contribution is -1.92. The van der Waals surface area contributed by atoms with Gasteiger partial charge in [-0.1, -0.05) is 22.6 Å². The van der Waals surface area contributed by atoms with Crippen molar-refractivity contribution in [2.24, 2.45) is 4.36 Å². The third kappa shape index (κ3) is 3.82. The lowest BCUT2D eigenvalue weighted by molar-refractivity contribution is 0.100. The molecule has 0 fully saturated rings. The largest absolute Gasteiger partial charge is 0.319 e. The molecule has 4 nitrogen and oxygen atoms in total. The van der Waals surface area contributed by atoms with Gasteiger partial charge < -0.3 is 0 Å². The van der Waals surface area contributed by atoms with E-state index >= 15 is 0 Å². The van der Waals surface area contributed by atoms with Crippen LogP contribution in [0.1, 0.15) is 10.4 Å². The number of hydrogen-bond acceptors (Lipinski definition) is 3. The van der Waals surface area contributed by atoms with Gasteiger partial charge >= 0.3 is 10.5 Å². The first-order valence-corrected chi connectivity index (χ1v) is 4.14. The van der Waals surface area contributed by atoms with Crippen LogP contribution in [0.2, 0.25) is 0 Å². The van der Waals surface area contributed by atoms with Crippen molar-refractivity contribution in [3.8, 4) is 0 Å². The molecule has 0 N–H and O–H groups in total. The average Bonchev–Trinajstić information content (AvgIpc) is 2.05. The minimum absolute atomic E-state index is 0. The van der Waals surface area contributed by atoms with Crippen LogP contribution in [-0.2, 0) is 10.5 Å². The first-order valence-electron chi connectivity index (χ1n) is 3.10. The molecular weight excluding hydrogens is 214 g/mol. The normalized spacial score (nSPS) is 8.31. The maximum absolute atomic E-state index is 10.9. The second kappa shape index (κ2) is 5.45. The molecule has 0 saturated heterocycles. The number of halogens is 1. The van der Waals surface area contributed by atoms with Crippen molar-refractivity contribution in [3.05, 3.63) is 35.9 Å². The van der Waals surface area contributed by atoms with E-state index in [2.05, 4.69) is 4.36 Å². The number of hydrogen-bond donors (Lipinski definition) is 0. The van der Waals surface area contributed by atoms with Crippen molar-refractivity contribution in [2.75, 3.05) is 0 Å². The highest BCUT2D eigenvalue weighted by Crippen LogP contribution is 1.99. The second-order valence-electron chi connectivity index (χ2n) is 1.98. The zero-order chi connectivity index (χ0) is 8.97. The zero-order valence-electron chi connectivity index (χ0n) is 6.38. The molecule has 0 atom stereocenters. The van der Waals surface area contributed by atoms with E-state index in [9.17, 15) is 13.2 Å². The number of benzene rings is 1. The minimum Gasteiger partial charge on any atom is -0.266 e. The van der Waals surface area contributed by atoms with Crippen LogP contribution in [0.25, 0.3) is 0 Å². The van der Waals surface area contributed by atoms with Gasteiger partial charge in [0.15, 0.2) is 0 Å². The van der Waals surface area contributed by atoms with Gasteiger partial charge in [0.25, 0.3) is 5.91 Å². The SMILES string of the molecule is Cl.O=C(N=S(=O)=O)c1ccccc1. The third-order valence-electron chi connectivity index (χ3n) is 1.18. The smallest absolute Gasteiger partial charge is 0.266 e. The molecule has 0 aromatic heterocycles. The van der Waals surface area contributed by atoms with Crippen LogP contribution >= 0.6 is 12.4 Å². The molecule has 1 amide bonds. The van der Waals surface area contributed by atoms with Crippen molar-refractivity contribution in [1.29, 1.82) is 0 Å². The van der Waals surface area contributed by atoms with Gasteiger partial charge in [0.05, 0.1) is 0 Å². The Morgan fingerprint density at radius 2 is 1.69 bits per heavy atom. The highest BCUT2D eigenvalue weighted by molar-refractivity contribution is 7.62. The average molecular weight is 220 g/mol. The first-order chi connectivity index (χ1) is 5.70. The monoisotopic (exact) mass is 219 g/mol. The van der Waals surface area contributed by atoms with Crippen LogP contribution in [0, 0.1) is 0 Å². The van der Waals surface area contributed by atoms with Crippen molar-refractivity contribution < 1.29 is 13.2 Å². The summed E-state index contributed by atoms with van der Waals surface area (Å²) in [6.07, 6.45) is 0. The molecule has 1 aromatic rings. The van der Waals surface area contributed by atoms with Crippen LogP contribution in [-0.4, -0.2) is 14.3 Å². The Labute approximate surface area is 82.7 Å². The fourth-order valence-electron chi connectivity index (χ4n) is 0.701. The quantitative estimate of drug-likeness (QED) is 0.716. The van der Waals surface area contributed by atoms with E-state index in [1.807, 2.05) is 0 Å². The highest BCUT2D eigenvalue weighted by Gasteiger charge is 2.01. The lowest BCUT2D eigenvalue weighted by atomic mass is 10.2. The Balaban J connectivity index is 0.00000144. The van der Waals surface area contributed by atoms with E-state index in [1.54, 1.807) is 18.2 Å². The number of rotatable bonds is 1. The van der Waals surface area contributed by atoms with Crippen LogP contribution < -0.4 is 0 Å². The second-order valence-corrected chi connectivity index (χ2v) is 2.60. The number of carbonyl (C=O) groups excluding carboxylic acids is 1. The van der Waals surface area contributed by atoms with E-state index in [0.717, 1.165) is 0 Å². The van der Waals surface area contributed by atoms with Gasteiger partial charge in [-0.15, -0.1) is 12.4 Å². The summed E-state index contributed by atoms with van der Waals surface area (Å²) in [6, 6.07) is 8.00. The van der Waals surface area contributed by atoms with Crippen molar-refractivity contribution in [3.63, 3.8) is 0 Å². The Morgan fingerprint density at radius 1 is 1.15 bits per heavy atom. The van der Waals surface area contributed by atoms with Gasteiger partial charge in [0, 0.05) is 5.56 Å². The number of nitrogens with zero attached hydrogens (tertiary/aromatic N) is 1. The molecule has 1 aromatic carbocycles. The topological polar surface area (TPSA) is 63.6 Å². The van der Waals surface area contributed by atoms with E-state index in [1.165, 1.54) is 12.1 Å². The molecule has 0 bridgehead atoms. The molecule has 0 aliphatic heterocycles. The summed E-state index contributed by atoms with van der Waals surface area (Å²) in [4.78, 5) is 10.9. The molecule has 6 heteroatoms. The van der Waals surface area contributed by atoms with E-state index in [0.29, 0.717) is 0 Å². The van der Waals surface area contributed by atoms with Crippen molar-refractivity contribution >= 4 is 28.8 Å². The minimum atomic E-state index is -2.67.